The minimum absolute atomic E-state index is 0.104. The quantitative estimate of drug-likeness (QED) is 0.654. The molecule has 0 aliphatic carbocycles. The Labute approximate surface area is 190 Å². The van der Waals surface area contributed by atoms with Crippen molar-refractivity contribution in [2.75, 3.05) is 45.3 Å². The number of anilines is 1. The molecule has 2 aliphatic rings. The zero-order chi connectivity index (χ0) is 21.8. The lowest BCUT2D eigenvalue weighted by Crippen LogP contribution is -2.41. The molecular formula is C22H25ClN2O5S. The molecule has 9 heteroatoms. The Hall–Kier alpha value is -1.97. The van der Waals surface area contributed by atoms with E-state index in [-0.39, 0.29) is 18.7 Å². The van der Waals surface area contributed by atoms with Crippen molar-refractivity contribution in [2.45, 2.75) is 19.1 Å². The third-order valence-electron chi connectivity index (χ3n) is 5.63. The monoisotopic (exact) mass is 464 g/mol. The number of halogens is 1. The molecule has 2 aliphatic heterocycles. The first kappa shape index (κ1) is 22.2. The van der Waals surface area contributed by atoms with Gasteiger partial charge in [0.15, 0.2) is 6.29 Å². The number of nitrogens with zero attached hydrogens (tertiary/aromatic N) is 1. The maximum Gasteiger partial charge on any atom is 0.341 e. The SMILES string of the molecule is COC(=O)c1c(-c2ccccc2Cl)csc1NC(=O)CN1CCC(C2OCCO2)CC1. The van der Waals surface area contributed by atoms with E-state index < -0.39 is 5.97 Å². The number of esters is 1. The zero-order valence-corrected chi connectivity index (χ0v) is 18.8. The van der Waals surface area contributed by atoms with Crippen molar-refractivity contribution in [3.63, 3.8) is 0 Å². The van der Waals surface area contributed by atoms with Gasteiger partial charge in [0.05, 0.1) is 26.9 Å². The first-order chi connectivity index (χ1) is 15.1. The molecule has 4 rings (SSSR count). The summed E-state index contributed by atoms with van der Waals surface area (Å²) in [5, 5.41) is 5.71. The minimum atomic E-state index is -0.510. The number of benzene rings is 1. The van der Waals surface area contributed by atoms with Gasteiger partial charge in [0, 0.05) is 27.4 Å². The van der Waals surface area contributed by atoms with Crippen LogP contribution < -0.4 is 5.32 Å². The Bertz CT molecular complexity index is 936. The molecule has 0 spiro atoms. The number of hydrogen-bond donors (Lipinski definition) is 1. The fourth-order valence-corrected chi connectivity index (χ4v) is 5.24. The van der Waals surface area contributed by atoms with E-state index >= 15 is 0 Å². The van der Waals surface area contributed by atoms with E-state index in [2.05, 4.69) is 10.2 Å². The summed E-state index contributed by atoms with van der Waals surface area (Å²) in [5.74, 6) is -0.295. The predicted octanol–water partition coefficient (Wildman–Crippen LogP) is 3.88. The first-order valence-corrected chi connectivity index (χ1v) is 11.5. The van der Waals surface area contributed by atoms with E-state index in [1.807, 2.05) is 23.6 Å². The number of piperidine rings is 1. The predicted molar refractivity (Wildman–Crippen MR) is 120 cm³/mol. The van der Waals surface area contributed by atoms with E-state index in [9.17, 15) is 9.59 Å². The molecular weight excluding hydrogens is 440 g/mol. The number of nitrogens with one attached hydrogen (secondary N) is 1. The molecule has 1 amide bonds. The van der Waals surface area contributed by atoms with E-state index in [0.29, 0.717) is 40.3 Å². The smallest absolute Gasteiger partial charge is 0.341 e. The average Bonchev–Trinajstić information content (AvgIpc) is 3.45. The van der Waals surface area contributed by atoms with Gasteiger partial charge in [-0.2, -0.15) is 0 Å². The van der Waals surface area contributed by atoms with Gasteiger partial charge < -0.3 is 19.5 Å². The van der Waals surface area contributed by atoms with Gasteiger partial charge in [-0.05, 0) is 32.0 Å². The maximum atomic E-state index is 12.7. The van der Waals surface area contributed by atoms with Crippen molar-refractivity contribution in [3.8, 4) is 11.1 Å². The lowest BCUT2D eigenvalue weighted by Gasteiger charge is -2.33. The van der Waals surface area contributed by atoms with Crippen LogP contribution in [0.5, 0.6) is 0 Å². The van der Waals surface area contributed by atoms with Crippen LogP contribution in [-0.4, -0.2) is 63.0 Å². The molecule has 2 fully saturated rings. The normalized spacial score (nSPS) is 18.3. The number of amides is 1. The molecule has 0 bridgehead atoms. The van der Waals surface area contributed by atoms with Crippen molar-refractivity contribution in [2.24, 2.45) is 5.92 Å². The Kier molecular flexibility index (Phi) is 7.24. The third kappa shape index (κ3) is 5.10. The molecule has 0 unspecified atom stereocenters. The molecule has 3 heterocycles. The highest BCUT2D eigenvalue weighted by molar-refractivity contribution is 7.15. The minimum Gasteiger partial charge on any atom is -0.465 e. The van der Waals surface area contributed by atoms with Crippen molar-refractivity contribution >= 4 is 39.8 Å². The van der Waals surface area contributed by atoms with Crippen LogP contribution in [0.1, 0.15) is 23.2 Å². The van der Waals surface area contributed by atoms with Gasteiger partial charge in [0.25, 0.3) is 0 Å². The lowest BCUT2D eigenvalue weighted by molar-refractivity contribution is -0.119. The van der Waals surface area contributed by atoms with Crippen LogP contribution in [0, 0.1) is 5.92 Å². The molecule has 31 heavy (non-hydrogen) atoms. The van der Waals surface area contributed by atoms with Crippen LogP contribution in [0.25, 0.3) is 11.1 Å². The number of methoxy groups -OCH3 is 1. The summed E-state index contributed by atoms with van der Waals surface area (Å²) in [6, 6.07) is 7.28. The van der Waals surface area contributed by atoms with E-state index in [1.165, 1.54) is 18.4 Å². The van der Waals surface area contributed by atoms with Gasteiger partial charge in [0.2, 0.25) is 5.91 Å². The van der Waals surface area contributed by atoms with E-state index in [4.69, 9.17) is 25.8 Å². The summed E-state index contributed by atoms with van der Waals surface area (Å²) < 4.78 is 16.2. The Morgan fingerprint density at radius 1 is 1.19 bits per heavy atom. The summed E-state index contributed by atoms with van der Waals surface area (Å²) >= 11 is 7.61. The summed E-state index contributed by atoms with van der Waals surface area (Å²) in [5.41, 5.74) is 1.69. The molecule has 1 N–H and O–H groups in total. The van der Waals surface area contributed by atoms with Crippen LogP contribution in [0.2, 0.25) is 5.02 Å². The second-order valence-corrected chi connectivity index (χ2v) is 8.88. The number of thiophene rings is 1. The van der Waals surface area contributed by atoms with Crippen LogP contribution >= 0.6 is 22.9 Å². The summed E-state index contributed by atoms with van der Waals surface area (Å²) in [4.78, 5) is 27.3. The number of carbonyl (C=O) groups excluding carboxylic acids is 2. The van der Waals surface area contributed by atoms with E-state index in [0.717, 1.165) is 31.5 Å². The second-order valence-electron chi connectivity index (χ2n) is 7.60. The number of likely N-dealkylation sites (tertiary alicyclic amines) is 1. The van der Waals surface area contributed by atoms with Crippen LogP contribution in [-0.2, 0) is 19.0 Å². The van der Waals surface area contributed by atoms with Crippen LogP contribution in [0.3, 0.4) is 0 Å². The van der Waals surface area contributed by atoms with Crippen molar-refractivity contribution in [1.29, 1.82) is 0 Å². The van der Waals surface area contributed by atoms with Crippen LogP contribution in [0.15, 0.2) is 29.6 Å². The third-order valence-corrected chi connectivity index (χ3v) is 6.85. The fourth-order valence-electron chi connectivity index (χ4n) is 4.03. The molecule has 0 atom stereocenters. The lowest BCUT2D eigenvalue weighted by atomic mass is 9.96. The average molecular weight is 465 g/mol. The standard InChI is InChI=1S/C22H25ClN2O5S/c1-28-21(27)19-16(15-4-2-3-5-17(15)23)13-31-20(19)24-18(26)12-25-8-6-14(7-9-25)22-29-10-11-30-22/h2-5,13-14,22H,6-12H2,1H3,(H,24,26). The summed E-state index contributed by atoms with van der Waals surface area (Å²) in [7, 11) is 1.32. The molecule has 7 nitrogen and oxygen atoms in total. The molecule has 0 saturated carbocycles. The molecule has 2 saturated heterocycles. The zero-order valence-electron chi connectivity index (χ0n) is 17.3. The highest BCUT2D eigenvalue weighted by atomic mass is 35.5. The number of hydrogen-bond acceptors (Lipinski definition) is 7. The topological polar surface area (TPSA) is 77.1 Å². The highest BCUT2D eigenvalue weighted by Crippen LogP contribution is 2.39. The van der Waals surface area contributed by atoms with Crippen molar-refractivity contribution < 1.29 is 23.8 Å². The molecule has 0 radical (unpaired) electrons. The fraction of sp³-hybridized carbons (Fsp3) is 0.455. The van der Waals surface area contributed by atoms with Crippen molar-refractivity contribution in [1.82, 2.24) is 4.90 Å². The van der Waals surface area contributed by atoms with Gasteiger partial charge in [-0.1, -0.05) is 29.8 Å². The van der Waals surface area contributed by atoms with Gasteiger partial charge in [0.1, 0.15) is 10.6 Å². The van der Waals surface area contributed by atoms with Gasteiger partial charge >= 0.3 is 5.97 Å². The van der Waals surface area contributed by atoms with Gasteiger partial charge in [-0.25, -0.2) is 4.79 Å². The molecule has 1 aromatic heterocycles. The number of ether oxygens (including phenoxy) is 3. The Morgan fingerprint density at radius 3 is 2.58 bits per heavy atom. The maximum absolute atomic E-state index is 12.7. The van der Waals surface area contributed by atoms with Gasteiger partial charge in [-0.15, -0.1) is 11.3 Å². The van der Waals surface area contributed by atoms with E-state index in [1.54, 1.807) is 6.07 Å². The Morgan fingerprint density at radius 2 is 1.90 bits per heavy atom. The number of rotatable bonds is 6. The first-order valence-electron chi connectivity index (χ1n) is 10.3. The molecule has 1 aromatic carbocycles. The largest absolute Gasteiger partial charge is 0.465 e. The summed E-state index contributed by atoms with van der Waals surface area (Å²) in [6.07, 6.45) is 1.76. The highest BCUT2D eigenvalue weighted by Gasteiger charge is 2.31. The second kappa shape index (κ2) is 10.1. The Balaban J connectivity index is 1.41. The van der Waals surface area contributed by atoms with Crippen LogP contribution in [0.4, 0.5) is 5.00 Å². The molecule has 2 aromatic rings. The van der Waals surface area contributed by atoms with Crippen molar-refractivity contribution in [3.05, 3.63) is 40.2 Å². The molecule has 166 valence electrons. The summed E-state index contributed by atoms with van der Waals surface area (Å²) in [6.45, 7) is 3.19. The number of carbonyl (C=O) groups is 2. The van der Waals surface area contributed by atoms with Gasteiger partial charge in [-0.3, -0.25) is 9.69 Å².